The Morgan fingerprint density at radius 3 is 2.35 bits per heavy atom. The Bertz CT molecular complexity index is 849. The smallest absolute Gasteiger partial charge is 0.0790 e. The van der Waals surface area contributed by atoms with Crippen LogP contribution in [-0.4, -0.2) is 9.97 Å². The summed E-state index contributed by atoms with van der Waals surface area (Å²) in [4.78, 5) is 9.11. The number of aryl methyl sites for hydroxylation is 3. The van der Waals surface area contributed by atoms with Crippen LogP contribution in [0.25, 0.3) is 23.4 Å². The Labute approximate surface area is 137 Å². The molecular weight excluding hydrogens is 280 g/mol. The number of aromatic nitrogens is 2. The molecule has 0 unspecified atom stereocenters. The van der Waals surface area contributed by atoms with E-state index in [1.54, 1.807) is 0 Å². The molecule has 23 heavy (non-hydrogen) atoms. The lowest BCUT2D eigenvalue weighted by molar-refractivity contribution is 1.14. The van der Waals surface area contributed by atoms with Crippen LogP contribution in [0.1, 0.15) is 27.9 Å². The molecule has 0 N–H and O–H groups in total. The summed E-state index contributed by atoms with van der Waals surface area (Å²) < 4.78 is 0. The fourth-order valence-corrected chi connectivity index (χ4v) is 2.48. The van der Waals surface area contributed by atoms with Crippen molar-refractivity contribution in [2.24, 2.45) is 0 Å². The Hall–Kier alpha value is -2.74. The molecule has 0 saturated heterocycles. The summed E-state index contributed by atoms with van der Waals surface area (Å²) in [5.74, 6) is 0. The van der Waals surface area contributed by atoms with Crippen LogP contribution in [0.5, 0.6) is 0 Å². The molecule has 2 aromatic heterocycles. The molecule has 2 heterocycles. The summed E-state index contributed by atoms with van der Waals surface area (Å²) >= 11 is 0. The summed E-state index contributed by atoms with van der Waals surface area (Å²) in [7, 11) is 0. The standard InChI is InChI=1S/C21H20N2/c1-15-11-19(10-9-18-7-5-4-6-8-18)21(23-13-15)20-12-16(2)17(3)22-14-20/h4-14H,1-3H3/b10-9+. The van der Waals surface area contributed by atoms with Crippen LogP contribution in [0.15, 0.2) is 54.9 Å². The molecule has 0 aliphatic heterocycles. The maximum absolute atomic E-state index is 4.64. The number of nitrogens with zero attached hydrogens (tertiary/aromatic N) is 2. The molecule has 0 bridgehead atoms. The maximum atomic E-state index is 4.64. The Morgan fingerprint density at radius 2 is 1.61 bits per heavy atom. The molecule has 3 aromatic rings. The predicted molar refractivity (Wildman–Crippen MR) is 97.0 cm³/mol. The minimum atomic E-state index is 0.971. The van der Waals surface area contributed by atoms with Crippen LogP contribution in [0.2, 0.25) is 0 Å². The van der Waals surface area contributed by atoms with Gasteiger partial charge < -0.3 is 0 Å². The highest BCUT2D eigenvalue weighted by Gasteiger charge is 2.07. The van der Waals surface area contributed by atoms with E-state index in [0.717, 1.165) is 28.1 Å². The SMILES string of the molecule is Cc1cnc(-c2cnc(C)c(C)c2)c(/C=C/c2ccccc2)c1. The molecule has 0 aliphatic carbocycles. The fourth-order valence-electron chi connectivity index (χ4n) is 2.48. The molecule has 0 aliphatic rings. The van der Waals surface area contributed by atoms with Crippen LogP contribution < -0.4 is 0 Å². The largest absolute Gasteiger partial charge is 0.261 e. The molecule has 0 radical (unpaired) electrons. The second kappa shape index (κ2) is 6.57. The molecule has 0 fully saturated rings. The van der Waals surface area contributed by atoms with E-state index in [4.69, 9.17) is 0 Å². The van der Waals surface area contributed by atoms with Crippen molar-refractivity contribution >= 4 is 12.2 Å². The fraction of sp³-hybridized carbons (Fsp3) is 0.143. The molecule has 2 heteroatoms. The van der Waals surface area contributed by atoms with Gasteiger partial charge in [-0.05, 0) is 49.6 Å². The Kier molecular flexibility index (Phi) is 4.33. The first kappa shape index (κ1) is 15.2. The molecule has 3 rings (SSSR count). The maximum Gasteiger partial charge on any atom is 0.0790 e. The topological polar surface area (TPSA) is 25.8 Å². The van der Waals surface area contributed by atoms with Gasteiger partial charge in [0.25, 0.3) is 0 Å². The van der Waals surface area contributed by atoms with Gasteiger partial charge in [0.2, 0.25) is 0 Å². The number of hydrogen-bond acceptors (Lipinski definition) is 2. The quantitative estimate of drug-likeness (QED) is 0.661. The van der Waals surface area contributed by atoms with Gasteiger partial charge in [-0.1, -0.05) is 42.5 Å². The van der Waals surface area contributed by atoms with Gasteiger partial charge in [-0.15, -0.1) is 0 Å². The summed E-state index contributed by atoms with van der Waals surface area (Å²) in [5, 5.41) is 0. The summed E-state index contributed by atoms with van der Waals surface area (Å²) in [6.45, 7) is 6.17. The van der Waals surface area contributed by atoms with Gasteiger partial charge in [0.1, 0.15) is 0 Å². The van der Waals surface area contributed by atoms with Crippen molar-refractivity contribution in [3.8, 4) is 11.3 Å². The Balaban J connectivity index is 2.04. The molecule has 0 atom stereocenters. The van der Waals surface area contributed by atoms with E-state index in [0.29, 0.717) is 0 Å². The lowest BCUT2D eigenvalue weighted by atomic mass is 10.0. The van der Waals surface area contributed by atoms with E-state index < -0.39 is 0 Å². The summed E-state index contributed by atoms with van der Waals surface area (Å²) in [6.07, 6.45) is 8.05. The summed E-state index contributed by atoms with van der Waals surface area (Å²) in [6, 6.07) is 14.6. The first-order valence-electron chi connectivity index (χ1n) is 7.77. The van der Waals surface area contributed by atoms with Gasteiger partial charge in [0.15, 0.2) is 0 Å². The lowest BCUT2D eigenvalue weighted by Gasteiger charge is -2.08. The normalized spacial score (nSPS) is 11.1. The van der Waals surface area contributed by atoms with E-state index in [-0.39, 0.29) is 0 Å². The molecule has 0 saturated carbocycles. The average Bonchev–Trinajstić information content (AvgIpc) is 2.57. The van der Waals surface area contributed by atoms with Crippen molar-refractivity contribution < 1.29 is 0 Å². The number of benzene rings is 1. The van der Waals surface area contributed by atoms with E-state index in [9.17, 15) is 0 Å². The van der Waals surface area contributed by atoms with Crippen molar-refractivity contribution in [3.63, 3.8) is 0 Å². The molecule has 2 nitrogen and oxygen atoms in total. The zero-order chi connectivity index (χ0) is 16.2. The van der Waals surface area contributed by atoms with Crippen molar-refractivity contribution in [2.75, 3.05) is 0 Å². The molecule has 0 amide bonds. The predicted octanol–water partition coefficient (Wildman–Crippen LogP) is 5.24. The highest BCUT2D eigenvalue weighted by Crippen LogP contribution is 2.25. The van der Waals surface area contributed by atoms with Crippen LogP contribution in [0, 0.1) is 20.8 Å². The van der Waals surface area contributed by atoms with Crippen LogP contribution in [0.4, 0.5) is 0 Å². The zero-order valence-corrected chi connectivity index (χ0v) is 13.7. The second-order valence-corrected chi connectivity index (χ2v) is 5.82. The average molecular weight is 300 g/mol. The van der Waals surface area contributed by atoms with Gasteiger partial charge >= 0.3 is 0 Å². The Morgan fingerprint density at radius 1 is 0.826 bits per heavy atom. The monoisotopic (exact) mass is 300 g/mol. The van der Waals surface area contributed by atoms with Crippen LogP contribution >= 0.6 is 0 Å². The van der Waals surface area contributed by atoms with Gasteiger partial charge in [0.05, 0.1) is 5.69 Å². The number of pyridine rings is 2. The van der Waals surface area contributed by atoms with Crippen molar-refractivity contribution in [2.45, 2.75) is 20.8 Å². The molecule has 114 valence electrons. The third-order valence-corrected chi connectivity index (χ3v) is 3.92. The zero-order valence-electron chi connectivity index (χ0n) is 13.7. The minimum Gasteiger partial charge on any atom is -0.261 e. The third kappa shape index (κ3) is 3.54. The van der Waals surface area contributed by atoms with Crippen LogP contribution in [0.3, 0.4) is 0 Å². The van der Waals surface area contributed by atoms with E-state index in [1.807, 2.05) is 37.5 Å². The van der Waals surface area contributed by atoms with E-state index >= 15 is 0 Å². The van der Waals surface area contributed by atoms with E-state index in [2.05, 4.69) is 60.2 Å². The number of rotatable bonds is 3. The first-order valence-corrected chi connectivity index (χ1v) is 7.77. The number of hydrogen-bond donors (Lipinski definition) is 0. The molecule has 1 aromatic carbocycles. The third-order valence-electron chi connectivity index (χ3n) is 3.92. The van der Waals surface area contributed by atoms with Crippen molar-refractivity contribution in [3.05, 3.63) is 82.8 Å². The molecular formula is C21H20N2. The van der Waals surface area contributed by atoms with Crippen LogP contribution in [-0.2, 0) is 0 Å². The van der Waals surface area contributed by atoms with Crippen molar-refractivity contribution in [1.29, 1.82) is 0 Å². The van der Waals surface area contributed by atoms with Gasteiger partial charge in [-0.3, -0.25) is 9.97 Å². The van der Waals surface area contributed by atoms with Gasteiger partial charge in [-0.25, -0.2) is 0 Å². The van der Waals surface area contributed by atoms with E-state index in [1.165, 1.54) is 11.1 Å². The molecule has 0 spiro atoms. The minimum absolute atomic E-state index is 0.971. The van der Waals surface area contributed by atoms with Gasteiger partial charge in [0, 0.05) is 29.2 Å². The van der Waals surface area contributed by atoms with Gasteiger partial charge in [-0.2, -0.15) is 0 Å². The highest BCUT2D eigenvalue weighted by atomic mass is 14.7. The van der Waals surface area contributed by atoms with Crippen molar-refractivity contribution in [1.82, 2.24) is 9.97 Å². The lowest BCUT2D eigenvalue weighted by Crippen LogP contribution is -1.93. The second-order valence-electron chi connectivity index (χ2n) is 5.82. The highest BCUT2D eigenvalue weighted by molar-refractivity contribution is 5.79. The first-order chi connectivity index (χ1) is 11.1. The summed E-state index contributed by atoms with van der Waals surface area (Å²) in [5.41, 5.74) is 7.71.